The normalized spacial score (nSPS) is 33.4. The molecule has 6 heteroatoms. The molecular weight excluding hydrogens is 248 g/mol. The van der Waals surface area contributed by atoms with Gasteiger partial charge in [0, 0.05) is 0 Å². The van der Waals surface area contributed by atoms with Crippen molar-refractivity contribution < 1.29 is 24.8 Å². The van der Waals surface area contributed by atoms with Gasteiger partial charge in [-0.1, -0.05) is 23.7 Å². The minimum Gasteiger partial charge on any atom is -0.460 e. The Morgan fingerprint density at radius 1 is 1.18 bits per heavy atom. The number of benzene rings is 1. The smallest absolute Gasteiger partial charge is 0.228 e. The Balaban J connectivity index is 2.07. The van der Waals surface area contributed by atoms with E-state index in [-0.39, 0.29) is 6.61 Å². The second-order valence-corrected chi connectivity index (χ2v) is 4.21. The van der Waals surface area contributed by atoms with Gasteiger partial charge < -0.3 is 24.8 Å². The average Bonchev–Trinajstić information content (AvgIpc) is 2.32. The van der Waals surface area contributed by atoms with E-state index in [0.29, 0.717) is 10.8 Å². The third kappa shape index (κ3) is 2.70. The first-order valence-electron chi connectivity index (χ1n) is 5.16. The van der Waals surface area contributed by atoms with E-state index in [1.807, 2.05) is 0 Å². The Hall–Kier alpha value is -0.850. The molecule has 5 nitrogen and oxygen atoms in total. The van der Waals surface area contributed by atoms with Crippen LogP contribution in [0.1, 0.15) is 0 Å². The van der Waals surface area contributed by atoms with E-state index in [9.17, 15) is 15.3 Å². The van der Waals surface area contributed by atoms with Crippen LogP contribution in [0.15, 0.2) is 24.3 Å². The van der Waals surface area contributed by atoms with E-state index in [1.165, 1.54) is 0 Å². The van der Waals surface area contributed by atoms with Crippen molar-refractivity contribution >= 4 is 11.6 Å². The van der Waals surface area contributed by atoms with Crippen molar-refractivity contribution in [3.8, 4) is 5.75 Å². The summed E-state index contributed by atoms with van der Waals surface area (Å²) in [6.45, 7) is -0.104. The molecule has 1 saturated heterocycles. The summed E-state index contributed by atoms with van der Waals surface area (Å²) in [7, 11) is 0. The molecule has 3 N–H and O–H groups in total. The van der Waals surface area contributed by atoms with E-state index in [0.717, 1.165) is 0 Å². The number of aliphatic hydroxyl groups is 3. The summed E-state index contributed by atoms with van der Waals surface area (Å²) in [6, 6.07) is 6.72. The Kier molecular flexibility index (Phi) is 3.86. The Bertz CT molecular complexity index is 386. The first-order valence-corrected chi connectivity index (χ1v) is 5.54. The fourth-order valence-electron chi connectivity index (χ4n) is 1.55. The lowest BCUT2D eigenvalue weighted by Gasteiger charge is -2.35. The van der Waals surface area contributed by atoms with Gasteiger partial charge in [-0.05, 0) is 12.1 Å². The zero-order valence-corrected chi connectivity index (χ0v) is 9.62. The standard InChI is InChI=1S/C11H13ClO5/c12-6-3-1-2-4-8(6)17-11-10(15)9(14)7(13)5-16-11/h1-4,7,9-11,13-15H,5H2/t7-,9+,10?,11+/m1/s1. The van der Waals surface area contributed by atoms with Crippen LogP contribution in [0.4, 0.5) is 0 Å². The molecule has 0 spiro atoms. The number of rotatable bonds is 2. The molecule has 17 heavy (non-hydrogen) atoms. The highest BCUT2D eigenvalue weighted by Gasteiger charge is 2.39. The van der Waals surface area contributed by atoms with Crippen molar-refractivity contribution in [2.24, 2.45) is 0 Å². The first kappa shape index (κ1) is 12.6. The lowest BCUT2D eigenvalue weighted by molar-refractivity contribution is -0.242. The summed E-state index contributed by atoms with van der Waals surface area (Å²) in [5.74, 6) is 0.349. The van der Waals surface area contributed by atoms with Crippen LogP contribution in [0.2, 0.25) is 5.02 Å². The van der Waals surface area contributed by atoms with Crippen LogP contribution in [0.25, 0.3) is 0 Å². The van der Waals surface area contributed by atoms with Crippen LogP contribution in [0.5, 0.6) is 5.75 Å². The van der Waals surface area contributed by atoms with Gasteiger partial charge >= 0.3 is 0 Å². The topological polar surface area (TPSA) is 79.2 Å². The summed E-state index contributed by atoms with van der Waals surface area (Å²) in [6.07, 6.45) is -4.78. The minimum absolute atomic E-state index is 0.104. The number of hydrogen-bond acceptors (Lipinski definition) is 5. The van der Waals surface area contributed by atoms with Crippen molar-refractivity contribution in [1.29, 1.82) is 0 Å². The van der Waals surface area contributed by atoms with E-state index in [4.69, 9.17) is 21.1 Å². The molecule has 1 aliphatic heterocycles. The quantitative estimate of drug-likeness (QED) is 0.706. The highest BCUT2D eigenvalue weighted by atomic mass is 35.5. The number of aliphatic hydroxyl groups excluding tert-OH is 3. The van der Waals surface area contributed by atoms with Gasteiger partial charge in [-0.2, -0.15) is 0 Å². The lowest BCUT2D eigenvalue weighted by atomic mass is 10.1. The third-order valence-electron chi connectivity index (χ3n) is 2.53. The van der Waals surface area contributed by atoms with E-state index < -0.39 is 24.6 Å². The predicted octanol–water partition coefficient (Wildman–Crippen LogP) is 0.158. The molecule has 94 valence electrons. The number of para-hydroxylation sites is 1. The van der Waals surface area contributed by atoms with Crippen molar-refractivity contribution in [3.05, 3.63) is 29.3 Å². The molecule has 0 amide bonds. The molecule has 0 aromatic heterocycles. The lowest BCUT2D eigenvalue weighted by Crippen LogP contribution is -2.54. The third-order valence-corrected chi connectivity index (χ3v) is 2.85. The first-order chi connectivity index (χ1) is 8.09. The van der Waals surface area contributed by atoms with Gasteiger partial charge in [0.15, 0.2) is 0 Å². The maximum absolute atomic E-state index is 9.66. The zero-order chi connectivity index (χ0) is 12.4. The molecule has 1 unspecified atom stereocenters. The van der Waals surface area contributed by atoms with Gasteiger partial charge in [0.05, 0.1) is 11.6 Å². The molecule has 1 aromatic rings. The fraction of sp³-hybridized carbons (Fsp3) is 0.455. The van der Waals surface area contributed by atoms with E-state index >= 15 is 0 Å². The Morgan fingerprint density at radius 3 is 2.59 bits per heavy atom. The van der Waals surface area contributed by atoms with Crippen LogP contribution in [-0.2, 0) is 4.74 Å². The molecule has 1 aromatic carbocycles. The molecule has 0 saturated carbocycles. The molecule has 1 aliphatic rings. The summed E-state index contributed by atoms with van der Waals surface area (Å²) >= 11 is 5.88. The highest BCUT2D eigenvalue weighted by Crippen LogP contribution is 2.27. The Labute approximate surface area is 103 Å². The number of halogens is 1. The molecule has 1 heterocycles. The van der Waals surface area contributed by atoms with Crippen LogP contribution in [-0.4, -0.2) is 46.5 Å². The van der Waals surface area contributed by atoms with Gasteiger partial charge in [-0.3, -0.25) is 0 Å². The van der Waals surface area contributed by atoms with Gasteiger partial charge in [-0.25, -0.2) is 0 Å². The van der Waals surface area contributed by atoms with E-state index in [1.54, 1.807) is 24.3 Å². The monoisotopic (exact) mass is 260 g/mol. The van der Waals surface area contributed by atoms with Crippen molar-refractivity contribution in [1.82, 2.24) is 0 Å². The Morgan fingerprint density at radius 2 is 1.88 bits per heavy atom. The van der Waals surface area contributed by atoms with Gasteiger partial charge in [0.25, 0.3) is 0 Å². The van der Waals surface area contributed by atoms with Gasteiger partial charge in [-0.15, -0.1) is 0 Å². The van der Waals surface area contributed by atoms with Crippen molar-refractivity contribution in [3.63, 3.8) is 0 Å². The fourth-order valence-corrected chi connectivity index (χ4v) is 1.73. The van der Waals surface area contributed by atoms with Gasteiger partial charge in [0.1, 0.15) is 24.1 Å². The van der Waals surface area contributed by atoms with Crippen LogP contribution in [0.3, 0.4) is 0 Å². The number of hydrogen-bond donors (Lipinski definition) is 3. The van der Waals surface area contributed by atoms with Crippen molar-refractivity contribution in [2.45, 2.75) is 24.6 Å². The van der Waals surface area contributed by atoms with Crippen LogP contribution >= 0.6 is 11.6 Å². The molecule has 1 fully saturated rings. The molecule has 0 radical (unpaired) electrons. The average molecular weight is 261 g/mol. The second-order valence-electron chi connectivity index (χ2n) is 3.80. The predicted molar refractivity (Wildman–Crippen MR) is 59.8 cm³/mol. The van der Waals surface area contributed by atoms with Crippen molar-refractivity contribution in [2.75, 3.05) is 6.61 Å². The molecular formula is C11H13ClO5. The summed E-state index contributed by atoms with van der Waals surface area (Å²) in [5, 5.41) is 28.8. The molecule has 2 rings (SSSR count). The SMILES string of the molecule is OC1[C@H](Oc2ccccc2Cl)OC[C@@H](O)[C@@H]1O. The maximum Gasteiger partial charge on any atom is 0.228 e. The number of ether oxygens (including phenoxy) is 2. The zero-order valence-electron chi connectivity index (χ0n) is 8.86. The largest absolute Gasteiger partial charge is 0.460 e. The van der Waals surface area contributed by atoms with Gasteiger partial charge in [0.2, 0.25) is 6.29 Å². The molecule has 4 atom stereocenters. The molecule has 0 aliphatic carbocycles. The van der Waals surface area contributed by atoms with Crippen LogP contribution in [0, 0.1) is 0 Å². The van der Waals surface area contributed by atoms with E-state index in [2.05, 4.69) is 0 Å². The highest BCUT2D eigenvalue weighted by molar-refractivity contribution is 6.32. The summed E-state index contributed by atoms with van der Waals surface area (Å²) < 4.78 is 10.4. The van der Waals surface area contributed by atoms with Crippen LogP contribution < -0.4 is 4.74 Å². The summed E-state index contributed by atoms with van der Waals surface area (Å²) in [5.41, 5.74) is 0. The molecule has 0 bridgehead atoms. The second kappa shape index (κ2) is 5.20. The summed E-state index contributed by atoms with van der Waals surface area (Å²) in [4.78, 5) is 0. The maximum atomic E-state index is 9.66. The minimum atomic E-state index is -1.32.